The third kappa shape index (κ3) is 5.07. The summed E-state index contributed by atoms with van der Waals surface area (Å²) in [5.74, 6) is 1.02. The van der Waals surface area contributed by atoms with Gasteiger partial charge in [0.2, 0.25) is 0 Å². The van der Waals surface area contributed by atoms with E-state index < -0.39 is 10.0 Å². The van der Waals surface area contributed by atoms with Crippen molar-refractivity contribution in [2.24, 2.45) is 5.92 Å². The van der Waals surface area contributed by atoms with Gasteiger partial charge in [0.15, 0.2) is 5.65 Å². The molecule has 9 nitrogen and oxygen atoms in total. The molecule has 1 aliphatic carbocycles. The molecule has 2 fully saturated rings. The maximum absolute atomic E-state index is 13.5. The van der Waals surface area contributed by atoms with Crippen molar-refractivity contribution in [3.05, 3.63) is 67.3 Å². The fourth-order valence-electron chi connectivity index (χ4n) is 6.58. The molecule has 41 heavy (non-hydrogen) atoms. The fraction of sp³-hybridized carbons (Fsp3) is 0.452. The van der Waals surface area contributed by atoms with Crippen LogP contribution in [0.2, 0.25) is 0 Å². The van der Waals surface area contributed by atoms with Gasteiger partial charge in [-0.1, -0.05) is 24.3 Å². The van der Waals surface area contributed by atoms with Gasteiger partial charge in [-0.05, 0) is 76.7 Å². The number of hydrogen-bond acceptors (Lipinski definition) is 7. The Morgan fingerprint density at radius 2 is 1.80 bits per heavy atom. The zero-order chi connectivity index (χ0) is 28.6. The SMILES string of the molecule is C=CCO[C@H](C)c1nc2cnc3c(ccn3S(=O)(=O)c3ccccc3)c2n1C1CCC(N2CCC(C#N)CC2)CC1. The Hall–Kier alpha value is -3.52. The Morgan fingerprint density at radius 3 is 2.49 bits per heavy atom. The largest absolute Gasteiger partial charge is 0.367 e. The first-order valence-electron chi connectivity index (χ1n) is 14.5. The smallest absolute Gasteiger partial charge is 0.269 e. The zero-order valence-electron chi connectivity index (χ0n) is 23.4. The molecule has 214 valence electrons. The van der Waals surface area contributed by atoms with Gasteiger partial charge in [-0.3, -0.25) is 0 Å². The van der Waals surface area contributed by atoms with Gasteiger partial charge in [0.25, 0.3) is 10.0 Å². The average Bonchev–Trinajstić information content (AvgIpc) is 3.63. The van der Waals surface area contributed by atoms with Crippen LogP contribution >= 0.6 is 0 Å². The number of nitrogens with zero attached hydrogens (tertiary/aromatic N) is 6. The Morgan fingerprint density at radius 1 is 1.10 bits per heavy atom. The minimum Gasteiger partial charge on any atom is -0.367 e. The number of pyridine rings is 1. The lowest BCUT2D eigenvalue weighted by molar-refractivity contribution is 0.0738. The summed E-state index contributed by atoms with van der Waals surface area (Å²) in [5.41, 5.74) is 2.03. The van der Waals surface area contributed by atoms with Crippen molar-refractivity contribution < 1.29 is 13.2 Å². The van der Waals surface area contributed by atoms with Gasteiger partial charge >= 0.3 is 0 Å². The molecule has 4 aromatic rings. The molecule has 0 spiro atoms. The summed E-state index contributed by atoms with van der Waals surface area (Å²) in [4.78, 5) is 12.4. The summed E-state index contributed by atoms with van der Waals surface area (Å²) in [6.07, 6.45) is 10.8. The third-order valence-electron chi connectivity index (χ3n) is 8.74. The Balaban J connectivity index is 1.38. The molecule has 1 aromatic carbocycles. The van der Waals surface area contributed by atoms with Crippen LogP contribution in [0.1, 0.15) is 63.4 Å². The number of ether oxygens (including phenoxy) is 1. The van der Waals surface area contributed by atoms with Crippen LogP contribution in [0.5, 0.6) is 0 Å². The molecule has 6 rings (SSSR count). The normalized spacial score (nSPS) is 21.7. The Labute approximate surface area is 241 Å². The molecule has 1 saturated carbocycles. The van der Waals surface area contributed by atoms with E-state index in [0.717, 1.165) is 73.9 Å². The highest BCUT2D eigenvalue weighted by atomic mass is 32.2. The van der Waals surface area contributed by atoms with E-state index in [4.69, 9.17) is 9.72 Å². The number of piperidine rings is 1. The molecular formula is C31H36N6O3S. The molecular weight excluding hydrogens is 536 g/mol. The highest BCUT2D eigenvalue weighted by Crippen LogP contribution is 2.39. The Bertz CT molecular complexity index is 1690. The molecule has 10 heteroatoms. The van der Waals surface area contributed by atoms with Crippen LogP contribution in [0.4, 0.5) is 0 Å². The average molecular weight is 573 g/mol. The van der Waals surface area contributed by atoms with E-state index in [1.54, 1.807) is 48.8 Å². The first-order chi connectivity index (χ1) is 19.9. The molecule has 0 radical (unpaired) electrons. The van der Waals surface area contributed by atoms with Crippen LogP contribution in [0.15, 0.2) is 66.3 Å². The van der Waals surface area contributed by atoms with E-state index >= 15 is 0 Å². The highest BCUT2D eigenvalue weighted by Gasteiger charge is 2.33. The lowest BCUT2D eigenvalue weighted by Gasteiger charge is -2.40. The summed E-state index contributed by atoms with van der Waals surface area (Å²) in [5, 5.41) is 10.0. The monoisotopic (exact) mass is 572 g/mol. The van der Waals surface area contributed by atoms with E-state index in [1.165, 1.54) is 3.97 Å². The van der Waals surface area contributed by atoms with Crippen LogP contribution in [0.3, 0.4) is 0 Å². The van der Waals surface area contributed by atoms with Crippen molar-refractivity contribution >= 4 is 32.1 Å². The van der Waals surface area contributed by atoms with Crippen molar-refractivity contribution in [1.29, 1.82) is 5.26 Å². The first-order valence-corrected chi connectivity index (χ1v) is 15.9. The molecule has 0 unspecified atom stereocenters. The van der Waals surface area contributed by atoms with Crippen molar-refractivity contribution in [2.45, 2.75) is 68.5 Å². The molecule has 2 aliphatic rings. The molecule has 1 saturated heterocycles. The van der Waals surface area contributed by atoms with E-state index in [0.29, 0.717) is 18.3 Å². The molecule has 0 N–H and O–H groups in total. The topological polar surface area (TPSA) is 106 Å². The van der Waals surface area contributed by atoms with Crippen LogP contribution in [-0.2, 0) is 14.8 Å². The molecule has 3 aromatic heterocycles. The molecule has 1 aliphatic heterocycles. The van der Waals surface area contributed by atoms with Crippen LogP contribution in [0.25, 0.3) is 22.1 Å². The van der Waals surface area contributed by atoms with Crippen LogP contribution in [0, 0.1) is 17.2 Å². The number of fused-ring (bicyclic) bond motifs is 3. The lowest BCUT2D eigenvalue weighted by Crippen LogP contribution is -2.43. The summed E-state index contributed by atoms with van der Waals surface area (Å²) >= 11 is 0. The van der Waals surface area contributed by atoms with Crippen molar-refractivity contribution in [3.8, 4) is 6.07 Å². The second kappa shape index (κ2) is 11.4. The molecule has 4 heterocycles. The van der Waals surface area contributed by atoms with E-state index in [1.807, 2.05) is 13.0 Å². The van der Waals surface area contributed by atoms with Gasteiger partial charge in [-0.2, -0.15) is 5.26 Å². The number of rotatable bonds is 8. The van der Waals surface area contributed by atoms with Gasteiger partial charge in [0.05, 0.1) is 29.3 Å². The summed E-state index contributed by atoms with van der Waals surface area (Å²) < 4.78 is 36.7. The van der Waals surface area contributed by atoms with Gasteiger partial charge < -0.3 is 14.2 Å². The predicted molar refractivity (Wildman–Crippen MR) is 158 cm³/mol. The summed E-state index contributed by atoms with van der Waals surface area (Å²) in [6, 6.07) is 13.4. The number of hydrogen-bond donors (Lipinski definition) is 0. The maximum atomic E-state index is 13.5. The zero-order valence-corrected chi connectivity index (χ0v) is 24.2. The Kier molecular flexibility index (Phi) is 7.68. The number of likely N-dealkylation sites (tertiary alicyclic amines) is 1. The second-order valence-corrected chi connectivity index (χ2v) is 13.0. The number of nitriles is 1. The third-order valence-corrected chi connectivity index (χ3v) is 10.4. The minimum atomic E-state index is -3.81. The number of aromatic nitrogens is 4. The lowest BCUT2D eigenvalue weighted by atomic mass is 9.87. The van der Waals surface area contributed by atoms with E-state index in [-0.39, 0.29) is 23.0 Å². The highest BCUT2D eigenvalue weighted by molar-refractivity contribution is 7.90. The van der Waals surface area contributed by atoms with Crippen LogP contribution in [-0.4, -0.2) is 57.6 Å². The number of imidazole rings is 1. The predicted octanol–water partition coefficient (Wildman–Crippen LogP) is 5.61. The van der Waals surface area contributed by atoms with Crippen molar-refractivity contribution in [2.75, 3.05) is 19.7 Å². The summed E-state index contributed by atoms with van der Waals surface area (Å²) in [7, 11) is -3.81. The van der Waals surface area contributed by atoms with Gasteiger partial charge in [0.1, 0.15) is 17.4 Å². The van der Waals surface area contributed by atoms with E-state index in [9.17, 15) is 13.7 Å². The summed E-state index contributed by atoms with van der Waals surface area (Å²) in [6.45, 7) is 8.20. The quantitative estimate of drug-likeness (QED) is 0.253. The second-order valence-electron chi connectivity index (χ2n) is 11.2. The molecule has 0 bridgehead atoms. The minimum absolute atomic E-state index is 0.188. The molecule has 1 atom stereocenters. The van der Waals surface area contributed by atoms with Crippen LogP contribution < -0.4 is 0 Å². The fourth-order valence-corrected chi connectivity index (χ4v) is 7.91. The van der Waals surface area contributed by atoms with E-state index in [2.05, 4.69) is 27.1 Å². The molecule has 0 amide bonds. The van der Waals surface area contributed by atoms with Crippen molar-refractivity contribution in [3.63, 3.8) is 0 Å². The standard InChI is InChI=1S/C31H36N6O3S/c1-3-19-40-22(2)30-34-28-21-33-31-27(15-18-36(31)41(38,39)26-7-5-4-6-8-26)29(28)37(30)25-11-9-24(10-12-25)35-16-13-23(20-32)14-17-35/h3-8,15,18,21-25H,1,9-14,16-17,19H2,2H3/t22-,24?,25?/m1/s1. The maximum Gasteiger partial charge on any atom is 0.269 e. The van der Waals surface area contributed by atoms with Crippen molar-refractivity contribution in [1.82, 2.24) is 23.4 Å². The van der Waals surface area contributed by atoms with Gasteiger partial charge in [0, 0.05) is 29.6 Å². The van der Waals surface area contributed by atoms with Gasteiger partial charge in [-0.15, -0.1) is 6.58 Å². The van der Waals surface area contributed by atoms with Gasteiger partial charge in [-0.25, -0.2) is 22.4 Å². The number of benzene rings is 1. The first kappa shape index (κ1) is 27.6.